The maximum atomic E-state index is 13.0. The van der Waals surface area contributed by atoms with Crippen LogP contribution in [0.1, 0.15) is 11.4 Å². The molecule has 0 saturated carbocycles. The Morgan fingerprint density at radius 2 is 1.78 bits per heavy atom. The highest BCUT2D eigenvalue weighted by Gasteiger charge is 2.34. The van der Waals surface area contributed by atoms with Gasteiger partial charge in [0.15, 0.2) is 17.2 Å². The number of hydrogen-bond acceptors (Lipinski definition) is 6. The zero-order valence-electron chi connectivity index (χ0n) is 14.1. The first-order chi connectivity index (χ1) is 13.0. The summed E-state index contributed by atoms with van der Waals surface area (Å²) in [5.41, 5.74) is 0.519. The molecule has 0 atom stereocenters. The van der Waals surface area contributed by atoms with Gasteiger partial charge in [-0.3, -0.25) is 0 Å². The van der Waals surface area contributed by atoms with Gasteiger partial charge in [-0.2, -0.15) is 18.4 Å². The predicted octanol–water partition coefficient (Wildman–Crippen LogP) is 2.34. The first-order valence-corrected chi connectivity index (χ1v) is 8.22. The van der Waals surface area contributed by atoms with Gasteiger partial charge in [0.2, 0.25) is 0 Å². The molecule has 4 rings (SSSR count). The van der Waals surface area contributed by atoms with Crippen LogP contribution in [0.3, 0.4) is 0 Å². The van der Waals surface area contributed by atoms with Crippen molar-refractivity contribution in [3.05, 3.63) is 48.3 Å². The highest BCUT2D eigenvalue weighted by atomic mass is 19.4. The lowest BCUT2D eigenvalue weighted by Crippen LogP contribution is -2.47. The number of anilines is 2. The summed E-state index contributed by atoms with van der Waals surface area (Å²) >= 11 is 0. The third kappa shape index (κ3) is 3.23. The number of imidazole rings is 1. The quantitative estimate of drug-likeness (QED) is 0.687. The molecule has 10 heteroatoms. The lowest BCUT2D eigenvalue weighted by molar-refractivity contribution is -0.140. The predicted molar refractivity (Wildman–Crippen MR) is 91.4 cm³/mol. The fourth-order valence-corrected chi connectivity index (χ4v) is 3.08. The van der Waals surface area contributed by atoms with Crippen molar-refractivity contribution >= 4 is 17.2 Å². The molecule has 0 radical (unpaired) electrons. The third-order valence-corrected chi connectivity index (χ3v) is 4.45. The molecule has 0 amide bonds. The number of halogens is 3. The van der Waals surface area contributed by atoms with E-state index in [1.165, 1.54) is 16.8 Å². The van der Waals surface area contributed by atoms with Crippen LogP contribution in [0.15, 0.2) is 36.9 Å². The molecule has 0 spiro atoms. The van der Waals surface area contributed by atoms with Gasteiger partial charge in [0.05, 0.1) is 11.9 Å². The Morgan fingerprint density at radius 3 is 2.41 bits per heavy atom. The van der Waals surface area contributed by atoms with Crippen molar-refractivity contribution in [3.8, 4) is 6.07 Å². The second kappa shape index (κ2) is 6.42. The highest BCUT2D eigenvalue weighted by molar-refractivity contribution is 5.65. The molecule has 3 aromatic rings. The molecule has 0 aromatic carbocycles. The Morgan fingerprint density at radius 1 is 1.04 bits per heavy atom. The minimum absolute atomic E-state index is 0.193. The van der Waals surface area contributed by atoms with Crippen LogP contribution in [0, 0.1) is 11.3 Å². The minimum Gasteiger partial charge on any atom is -0.367 e. The summed E-state index contributed by atoms with van der Waals surface area (Å²) in [4.78, 5) is 16.1. The molecule has 0 aliphatic carbocycles. The van der Waals surface area contributed by atoms with Gasteiger partial charge in [-0.15, -0.1) is 0 Å². The van der Waals surface area contributed by atoms with E-state index < -0.39 is 11.9 Å². The van der Waals surface area contributed by atoms with Crippen LogP contribution in [0.5, 0.6) is 0 Å². The highest BCUT2D eigenvalue weighted by Crippen LogP contribution is 2.30. The van der Waals surface area contributed by atoms with E-state index in [0.717, 1.165) is 11.9 Å². The second-order valence-electron chi connectivity index (χ2n) is 6.09. The number of alkyl halides is 3. The van der Waals surface area contributed by atoms with Gasteiger partial charge in [0.1, 0.15) is 11.8 Å². The largest absolute Gasteiger partial charge is 0.434 e. The van der Waals surface area contributed by atoms with Crippen LogP contribution in [0.25, 0.3) is 5.65 Å². The van der Waals surface area contributed by atoms with Crippen molar-refractivity contribution < 1.29 is 13.2 Å². The molecule has 0 bridgehead atoms. The third-order valence-electron chi connectivity index (χ3n) is 4.45. The summed E-state index contributed by atoms with van der Waals surface area (Å²) in [6, 6.07) is 5.48. The van der Waals surface area contributed by atoms with Gasteiger partial charge in [-0.1, -0.05) is 0 Å². The summed E-state index contributed by atoms with van der Waals surface area (Å²) in [5.74, 6) is 0.436. The van der Waals surface area contributed by atoms with Crippen LogP contribution in [-0.4, -0.2) is 45.5 Å². The van der Waals surface area contributed by atoms with Crippen LogP contribution in [0.2, 0.25) is 0 Å². The normalized spacial score (nSPS) is 15.2. The number of piperazine rings is 1. The second-order valence-corrected chi connectivity index (χ2v) is 6.09. The van der Waals surface area contributed by atoms with Crippen LogP contribution < -0.4 is 9.80 Å². The molecule has 1 fully saturated rings. The molecule has 27 heavy (non-hydrogen) atoms. The number of rotatable bonds is 2. The van der Waals surface area contributed by atoms with Gasteiger partial charge >= 0.3 is 6.18 Å². The van der Waals surface area contributed by atoms with E-state index in [2.05, 4.69) is 19.9 Å². The van der Waals surface area contributed by atoms with Crippen molar-refractivity contribution in [1.29, 1.82) is 5.26 Å². The monoisotopic (exact) mass is 373 g/mol. The Bertz CT molecular complexity index is 996. The van der Waals surface area contributed by atoms with Crippen molar-refractivity contribution in [2.24, 2.45) is 0 Å². The van der Waals surface area contributed by atoms with Crippen molar-refractivity contribution in [1.82, 2.24) is 19.4 Å². The van der Waals surface area contributed by atoms with Crippen molar-refractivity contribution in [2.75, 3.05) is 36.0 Å². The van der Waals surface area contributed by atoms with E-state index in [1.807, 2.05) is 17.0 Å². The molecule has 1 aliphatic heterocycles. The van der Waals surface area contributed by atoms with Crippen LogP contribution in [0.4, 0.5) is 24.7 Å². The average Bonchev–Trinajstić information content (AvgIpc) is 3.13. The zero-order chi connectivity index (χ0) is 19.0. The SMILES string of the molecule is N#Cc1ccc(N2CCN(c3nccn4cc(C(F)(F)F)nc34)CC2)cn1. The van der Waals surface area contributed by atoms with E-state index in [1.54, 1.807) is 12.3 Å². The molecule has 4 heterocycles. The maximum Gasteiger partial charge on any atom is 0.434 e. The summed E-state index contributed by atoms with van der Waals surface area (Å²) in [5, 5.41) is 8.82. The Balaban J connectivity index is 1.54. The van der Waals surface area contributed by atoms with E-state index >= 15 is 0 Å². The number of nitrogens with zero attached hydrogens (tertiary/aromatic N) is 7. The van der Waals surface area contributed by atoms with E-state index in [4.69, 9.17) is 5.26 Å². The molecule has 1 saturated heterocycles. The fourth-order valence-electron chi connectivity index (χ4n) is 3.08. The maximum absolute atomic E-state index is 13.0. The summed E-state index contributed by atoms with van der Waals surface area (Å²) in [7, 11) is 0. The first kappa shape index (κ1) is 17.1. The summed E-state index contributed by atoms with van der Waals surface area (Å²) < 4.78 is 40.2. The van der Waals surface area contributed by atoms with E-state index in [0.29, 0.717) is 37.7 Å². The smallest absolute Gasteiger partial charge is 0.367 e. The van der Waals surface area contributed by atoms with E-state index in [9.17, 15) is 13.2 Å². The number of aromatic nitrogens is 4. The van der Waals surface area contributed by atoms with Crippen LogP contribution >= 0.6 is 0 Å². The topological polar surface area (TPSA) is 73.4 Å². The fraction of sp³-hybridized carbons (Fsp3) is 0.294. The molecule has 0 unspecified atom stereocenters. The number of nitriles is 1. The van der Waals surface area contributed by atoms with Gasteiger partial charge in [0, 0.05) is 44.8 Å². The van der Waals surface area contributed by atoms with Gasteiger partial charge < -0.3 is 14.2 Å². The Kier molecular flexibility index (Phi) is 4.07. The van der Waals surface area contributed by atoms with Gasteiger partial charge in [0.25, 0.3) is 0 Å². The Labute approximate surface area is 152 Å². The first-order valence-electron chi connectivity index (χ1n) is 8.22. The number of pyridine rings is 1. The zero-order valence-corrected chi connectivity index (χ0v) is 14.1. The minimum atomic E-state index is -4.50. The molecule has 138 valence electrons. The van der Waals surface area contributed by atoms with Gasteiger partial charge in [-0.05, 0) is 12.1 Å². The molecule has 0 N–H and O–H groups in total. The molecule has 3 aromatic heterocycles. The lowest BCUT2D eigenvalue weighted by atomic mass is 10.2. The summed E-state index contributed by atoms with van der Waals surface area (Å²) in [6.07, 6.45) is 1.06. The molecule has 7 nitrogen and oxygen atoms in total. The number of hydrogen-bond donors (Lipinski definition) is 0. The Hall–Kier alpha value is -3.35. The van der Waals surface area contributed by atoms with Crippen LogP contribution in [-0.2, 0) is 6.18 Å². The molecular weight excluding hydrogens is 359 g/mol. The molecular formula is C17H14F3N7. The van der Waals surface area contributed by atoms with E-state index in [-0.39, 0.29) is 5.65 Å². The van der Waals surface area contributed by atoms with Crippen molar-refractivity contribution in [3.63, 3.8) is 0 Å². The van der Waals surface area contributed by atoms with Crippen molar-refractivity contribution in [2.45, 2.75) is 6.18 Å². The lowest BCUT2D eigenvalue weighted by Gasteiger charge is -2.36. The summed E-state index contributed by atoms with van der Waals surface area (Å²) in [6.45, 7) is 2.48. The average molecular weight is 373 g/mol. The number of fused-ring (bicyclic) bond motifs is 1. The standard InChI is InChI=1S/C17H14F3N7/c18-17(19,20)14-11-27-4-3-22-15(16(27)24-14)26-7-5-25(6-8-26)13-2-1-12(9-21)23-10-13/h1-4,10-11H,5-8H2. The molecule has 1 aliphatic rings. The van der Waals surface area contributed by atoms with Gasteiger partial charge in [-0.25, -0.2) is 15.0 Å².